The molecule has 4 aromatic rings. The van der Waals surface area contributed by atoms with Crippen molar-refractivity contribution in [2.24, 2.45) is 0 Å². The molecule has 3 heteroatoms. The number of aromatic nitrogens is 2. The molecule has 0 unspecified atom stereocenters. The number of hydrogen-bond acceptors (Lipinski definition) is 2. The SMILES string of the molecule is Cc1ccc(-c2nc(-c3ccccc3)c(-c3ccccc3)c(=O)[nH]2)cc1. The zero-order valence-corrected chi connectivity index (χ0v) is 14.4. The predicted molar refractivity (Wildman–Crippen MR) is 106 cm³/mol. The molecule has 4 rings (SSSR count). The van der Waals surface area contributed by atoms with Crippen LogP contribution in [0.1, 0.15) is 5.56 Å². The van der Waals surface area contributed by atoms with E-state index in [0.717, 1.165) is 16.7 Å². The van der Waals surface area contributed by atoms with Crippen LogP contribution in [0.15, 0.2) is 89.7 Å². The second kappa shape index (κ2) is 6.81. The summed E-state index contributed by atoms with van der Waals surface area (Å²) in [6.07, 6.45) is 0. The summed E-state index contributed by atoms with van der Waals surface area (Å²) in [7, 11) is 0. The van der Waals surface area contributed by atoms with Crippen molar-refractivity contribution in [1.82, 2.24) is 9.97 Å². The van der Waals surface area contributed by atoms with Gasteiger partial charge in [0.25, 0.3) is 5.56 Å². The van der Waals surface area contributed by atoms with Crippen LogP contribution in [0.25, 0.3) is 33.8 Å². The van der Waals surface area contributed by atoms with Crippen LogP contribution in [0.5, 0.6) is 0 Å². The summed E-state index contributed by atoms with van der Waals surface area (Å²) in [6, 6.07) is 27.5. The Morgan fingerprint density at radius 3 is 1.88 bits per heavy atom. The molecule has 126 valence electrons. The van der Waals surface area contributed by atoms with E-state index < -0.39 is 0 Å². The predicted octanol–water partition coefficient (Wildman–Crippen LogP) is 5.08. The molecule has 0 bridgehead atoms. The lowest BCUT2D eigenvalue weighted by atomic mass is 10.00. The smallest absolute Gasteiger partial charge is 0.259 e. The lowest BCUT2D eigenvalue weighted by Crippen LogP contribution is -2.14. The van der Waals surface area contributed by atoms with Crippen LogP contribution in [0.4, 0.5) is 0 Å². The summed E-state index contributed by atoms with van der Waals surface area (Å²) in [5, 5.41) is 0. The summed E-state index contributed by atoms with van der Waals surface area (Å²) < 4.78 is 0. The standard InChI is InChI=1S/C23H18N2O/c1-16-12-14-19(15-13-16)22-24-21(18-10-6-3-7-11-18)20(23(26)25-22)17-8-4-2-5-9-17/h2-15H,1H3,(H,24,25,26). The van der Waals surface area contributed by atoms with E-state index in [2.05, 4.69) is 4.98 Å². The van der Waals surface area contributed by atoms with Crippen LogP contribution < -0.4 is 5.56 Å². The Kier molecular flexibility index (Phi) is 4.20. The van der Waals surface area contributed by atoms with Gasteiger partial charge in [0.2, 0.25) is 0 Å². The van der Waals surface area contributed by atoms with E-state index in [1.165, 1.54) is 5.56 Å². The highest BCUT2D eigenvalue weighted by atomic mass is 16.1. The number of nitrogens with zero attached hydrogens (tertiary/aromatic N) is 1. The first-order chi connectivity index (χ1) is 12.7. The fourth-order valence-electron chi connectivity index (χ4n) is 3.00. The Morgan fingerprint density at radius 1 is 0.692 bits per heavy atom. The van der Waals surface area contributed by atoms with Gasteiger partial charge in [0.15, 0.2) is 0 Å². The second-order valence-corrected chi connectivity index (χ2v) is 6.24. The van der Waals surface area contributed by atoms with Crippen molar-refractivity contribution in [2.75, 3.05) is 0 Å². The molecule has 0 amide bonds. The van der Waals surface area contributed by atoms with Crippen molar-refractivity contribution < 1.29 is 0 Å². The van der Waals surface area contributed by atoms with E-state index in [9.17, 15) is 4.79 Å². The van der Waals surface area contributed by atoms with Gasteiger partial charge in [-0.1, -0.05) is 90.5 Å². The lowest BCUT2D eigenvalue weighted by molar-refractivity contribution is 1.13. The van der Waals surface area contributed by atoms with Crippen molar-refractivity contribution in [3.8, 4) is 33.8 Å². The van der Waals surface area contributed by atoms with E-state index in [1.807, 2.05) is 91.9 Å². The van der Waals surface area contributed by atoms with Gasteiger partial charge in [-0.05, 0) is 12.5 Å². The molecule has 0 atom stereocenters. The largest absolute Gasteiger partial charge is 0.306 e. The van der Waals surface area contributed by atoms with Gasteiger partial charge in [-0.15, -0.1) is 0 Å². The Morgan fingerprint density at radius 2 is 1.27 bits per heavy atom. The molecule has 0 saturated heterocycles. The maximum absolute atomic E-state index is 13.0. The summed E-state index contributed by atoms with van der Waals surface area (Å²) in [5.74, 6) is 0.577. The molecule has 3 aromatic carbocycles. The summed E-state index contributed by atoms with van der Waals surface area (Å²) in [5.41, 5.74) is 4.98. The molecule has 0 aliphatic heterocycles. The minimum Gasteiger partial charge on any atom is -0.306 e. The highest BCUT2D eigenvalue weighted by Gasteiger charge is 2.15. The molecule has 0 saturated carbocycles. The number of nitrogens with one attached hydrogen (secondary N) is 1. The average Bonchev–Trinajstić information content (AvgIpc) is 2.69. The number of H-pyrrole nitrogens is 1. The summed E-state index contributed by atoms with van der Waals surface area (Å²) in [4.78, 5) is 20.8. The van der Waals surface area contributed by atoms with Gasteiger partial charge in [0, 0.05) is 11.1 Å². The molecule has 1 N–H and O–H groups in total. The maximum atomic E-state index is 13.0. The first kappa shape index (κ1) is 16.0. The minimum atomic E-state index is -0.138. The molecule has 26 heavy (non-hydrogen) atoms. The van der Waals surface area contributed by atoms with E-state index in [4.69, 9.17) is 4.98 Å². The molecular formula is C23H18N2O. The Balaban J connectivity index is 1.98. The van der Waals surface area contributed by atoms with Crippen LogP contribution in [0.3, 0.4) is 0 Å². The van der Waals surface area contributed by atoms with Crippen LogP contribution in [-0.4, -0.2) is 9.97 Å². The van der Waals surface area contributed by atoms with Gasteiger partial charge in [-0.25, -0.2) is 4.98 Å². The van der Waals surface area contributed by atoms with E-state index >= 15 is 0 Å². The van der Waals surface area contributed by atoms with Crippen LogP contribution in [0, 0.1) is 6.92 Å². The van der Waals surface area contributed by atoms with Gasteiger partial charge < -0.3 is 4.98 Å². The fraction of sp³-hybridized carbons (Fsp3) is 0.0435. The number of hydrogen-bond donors (Lipinski definition) is 1. The topological polar surface area (TPSA) is 45.8 Å². The van der Waals surface area contributed by atoms with Gasteiger partial charge in [-0.3, -0.25) is 4.79 Å². The number of aryl methyl sites for hydroxylation is 1. The molecule has 1 aromatic heterocycles. The van der Waals surface area contributed by atoms with E-state index in [1.54, 1.807) is 0 Å². The second-order valence-electron chi connectivity index (χ2n) is 6.24. The summed E-state index contributed by atoms with van der Waals surface area (Å²) >= 11 is 0. The van der Waals surface area contributed by atoms with Crippen LogP contribution >= 0.6 is 0 Å². The van der Waals surface area contributed by atoms with Crippen molar-refractivity contribution in [3.05, 3.63) is 101 Å². The lowest BCUT2D eigenvalue weighted by Gasteiger charge is -2.11. The van der Waals surface area contributed by atoms with Gasteiger partial charge >= 0.3 is 0 Å². The third-order valence-electron chi connectivity index (χ3n) is 4.35. The van der Waals surface area contributed by atoms with Crippen molar-refractivity contribution in [3.63, 3.8) is 0 Å². The van der Waals surface area contributed by atoms with E-state index in [0.29, 0.717) is 17.1 Å². The third kappa shape index (κ3) is 3.07. The Hall–Kier alpha value is -3.46. The zero-order valence-electron chi connectivity index (χ0n) is 14.4. The number of benzene rings is 3. The van der Waals surface area contributed by atoms with Gasteiger partial charge in [0.05, 0.1) is 11.3 Å². The van der Waals surface area contributed by atoms with Crippen molar-refractivity contribution in [2.45, 2.75) is 6.92 Å². The molecule has 0 aliphatic carbocycles. The highest BCUT2D eigenvalue weighted by molar-refractivity contribution is 5.81. The molecular weight excluding hydrogens is 320 g/mol. The maximum Gasteiger partial charge on any atom is 0.259 e. The molecule has 3 nitrogen and oxygen atoms in total. The monoisotopic (exact) mass is 338 g/mol. The first-order valence-electron chi connectivity index (χ1n) is 8.54. The first-order valence-corrected chi connectivity index (χ1v) is 8.54. The molecule has 0 fully saturated rings. The fourth-order valence-corrected chi connectivity index (χ4v) is 3.00. The molecule has 0 spiro atoms. The quantitative estimate of drug-likeness (QED) is 0.566. The number of rotatable bonds is 3. The Bertz CT molecular complexity index is 1080. The molecule has 1 heterocycles. The minimum absolute atomic E-state index is 0.138. The zero-order chi connectivity index (χ0) is 17.9. The molecule has 0 radical (unpaired) electrons. The molecule has 0 aliphatic rings. The van der Waals surface area contributed by atoms with Crippen LogP contribution in [-0.2, 0) is 0 Å². The van der Waals surface area contributed by atoms with Gasteiger partial charge in [0.1, 0.15) is 5.82 Å². The van der Waals surface area contributed by atoms with Crippen molar-refractivity contribution >= 4 is 0 Å². The van der Waals surface area contributed by atoms with E-state index in [-0.39, 0.29) is 5.56 Å². The summed E-state index contributed by atoms with van der Waals surface area (Å²) in [6.45, 7) is 2.04. The third-order valence-corrected chi connectivity index (χ3v) is 4.35. The highest BCUT2D eigenvalue weighted by Crippen LogP contribution is 2.29. The van der Waals surface area contributed by atoms with Gasteiger partial charge in [-0.2, -0.15) is 0 Å². The Labute approximate surface area is 152 Å². The number of aromatic amines is 1. The average molecular weight is 338 g/mol. The van der Waals surface area contributed by atoms with Crippen LogP contribution in [0.2, 0.25) is 0 Å². The normalized spacial score (nSPS) is 10.7. The van der Waals surface area contributed by atoms with Crippen molar-refractivity contribution in [1.29, 1.82) is 0 Å².